The van der Waals surface area contributed by atoms with E-state index in [9.17, 15) is 43.5 Å². The third kappa shape index (κ3) is 101. The molecule has 5 unspecified atom stereocenters. The number of carbonyl (C=O) groups excluding carboxylic acids is 3. The number of ether oxygens (including phenoxy) is 3. The molecule has 18 heteroatoms. The van der Waals surface area contributed by atoms with Crippen LogP contribution in [0.3, 0.4) is 0 Å². The maximum Gasteiger partial charge on any atom is 0.472 e. The Hall–Kier alpha value is -5.09. The van der Waals surface area contributed by atoms with Gasteiger partial charge < -0.3 is 34.2 Å². The first-order valence-electron chi connectivity index (χ1n) is 51.4. The molecule has 0 saturated carbocycles. The summed E-state index contributed by atoms with van der Waals surface area (Å²) < 4.78 is 61.7. The van der Waals surface area contributed by atoms with Gasteiger partial charge in [0, 0.05) is 19.3 Å². The Morgan fingerprint density at radius 2 is 0.417 bits per heavy atom. The molecule has 0 aromatic heterocycles. The van der Waals surface area contributed by atoms with Crippen LogP contribution in [0.4, 0.5) is 0 Å². The van der Waals surface area contributed by atoms with Gasteiger partial charge in [-0.15, -0.1) is 0 Å². The van der Waals surface area contributed by atoms with Crippen LogP contribution >= 0.6 is 15.6 Å². The lowest BCUT2D eigenvalue weighted by Gasteiger charge is -2.21. The summed E-state index contributed by atoms with van der Waals surface area (Å²) in [6.45, 7) is 2.58. The van der Waals surface area contributed by atoms with Crippen LogP contribution in [-0.2, 0) is 55.8 Å². The van der Waals surface area contributed by atoms with E-state index < -0.39 is 91.5 Å². The number of hydrogen-bond donors (Lipinski definition) is 4. The third-order valence-electron chi connectivity index (χ3n) is 21.9. The van der Waals surface area contributed by atoms with Crippen LogP contribution in [0.2, 0.25) is 0 Å². The highest BCUT2D eigenvalue weighted by atomic mass is 31.2. The number of phosphoric acid groups is 2. The number of rotatable bonds is 97. The molecule has 730 valence electrons. The maximum absolute atomic E-state index is 13.1. The van der Waals surface area contributed by atoms with E-state index in [1.54, 1.807) is 0 Å². The zero-order valence-electron chi connectivity index (χ0n) is 80.9. The van der Waals surface area contributed by atoms with Crippen molar-refractivity contribution in [2.45, 2.75) is 463 Å². The molecular weight excluding hydrogens is 1630 g/mol. The first-order valence-corrected chi connectivity index (χ1v) is 54.4. The minimum Gasteiger partial charge on any atom is -0.463 e. The van der Waals surface area contributed by atoms with Gasteiger partial charge in [-0.2, -0.15) is 0 Å². The van der Waals surface area contributed by atoms with Gasteiger partial charge in [0.1, 0.15) is 25.4 Å². The fraction of sp³-hybridized carbons (Fsp3) is 0.716. The Morgan fingerprint density at radius 1 is 0.228 bits per heavy atom. The Balaban J connectivity index is 4.61. The van der Waals surface area contributed by atoms with Crippen LogP contribution in [-0.4, -0.2) is 95.9 Å². The number of aliphatic hydroxyl groups excluding tert-OH is 2. The fourth-order valence-corrected chi connectivity index (χ4v) is 15.7. The average molecular weight is 1820 g/mol. The lowest BCUT2D eigenvalue weighted by Crippen LogP contribution is -2.30. The van der Waals surface area contributed by atoms with Crippen molar-refractivity contribution in [1.29, 1.82) is 0 Å². The summed E-state index contributed by atoms with van der Waals surface area (Å²) in [5, 5.41) is 20.8. The molecule has 0 aliphatic heterocycles. The molecule has 0 heterocycles. The molecule has 0 bridgehead atoms. The van der Waals surface area contributed by atoms with Crippen LogP contribution in [0, 0.1) is 0 Å². The Morgan fingerprint density at radius 3 is 0.661 bits per heavy atom. The molecule has 0 rings (SSSR count). The van der Waals surface area contributed by atoms with Gasteiger partial charge in [-0.1, -0.05) is 435 Å². The fourth-order valence-electron chi connectivity index (χ4n) is 14.1. The molecule has 0 amide bonds. The molecule has 5 atom stereocenters. The second-order valence-electron chi connectivity index (χ2n) is 34.3. The number of aliphatic hydroxyl groups is 2. The Bertz CT molecular complexity index is 2990. The predicted octanol–water partition coefficient (Wildman–Crippen LogP) is 32.6. The van der Waals surface area contributed by atoms with E-state index in [1.165, 1.54) is 225 Å². The largest absolute Gasteiger partial charge is 0.472 e. The van der Waals surface area contributed by atoms with E-state index in [4.69, 9.17) is 32.3 Å². The van der Waals surface area contributed by atoms with E-state index in [0.29, 0.717) is 19.3 Å². The van der Waals surface area contributed by atoms with Crippen LogP contribution in [0.1, 0.15) is 445 Å². The monoisotopic (exact) mass is 1820 g/mol. The minimum absolute atomic E-state index is 0.0971. The van der Waals surface area contributed by atoms with Crippen molar-refractivity contribution in [3.63, 3.8) is 0 Å². The molecule has 127 heavy (non-hydrogen) atoms. The number of phosphoric ester groups is 2. The summed E-state index contributed by atoms with van der Waals surface area (Å²) in [6, 6.07) is 0. The molecule has 4 N–H and O–H groups in total. The topological polar surface area (TPSA) is 231 Å². The van der Waals surface area contributed by atoms with Crippen molar-refractivity contribution >= 4 is 33.6 Å². The smallest absolute Gasteiger partial charge is 0.463 e. The van der Waals surface area contributed by atoms with Gasteiger partial charge in [-0.05, 0) is 161 Å². The van der Waals surface area contributed by atoms with Gasteiger partial charge in [0.15, 0.2) is 6.10 Å². The van der Waals surface area contributed by atoms with Crippen molar-refractivity contribution in [2.75, 3.05) is 39.6 Å². The van der Waals surface area contributed by atoms with Crippen LogP contribution in [0.25, 0.3) is 0 Å². The number of carbonyl (C=O) groups is 3. The predicted molar refractivity (Wildman–Crippen MR) is 537 cm³/mol. The second-order valence-corrected chi connectivity index (χ2v) is 37.2. The summed E-state index contributed by atoms with van der Waals surface area (Å²) in [5.74, 6) is -1.57. The number of hydrogen-bond acceptors (Lipinski definition) is 14. The van der Waals surface area contributed by atoms with Crippen molar-refractivity contribution < 1.29 is 75.8 Å². The lowest BCUT2D eigenvalue weighted by atomic mass is 10.0. The molecule has 0 aliphatic carbocycles. The maximum atomic E-state index is 13.1. The van der Waals surface area contributed by atoms with Crippen LogP contribution in [0.5, 0.6) is 0 Å². The van der Waals surface area contributed by atoms with Crippen molar-refractivity contribution in [2.24, 2.45) is 0 Å². The van der Waals surface area contributed by atoms with Gasteiger partial charge in [-0.3, -0.25) is 32.5 Å². The van der Waals surface area contributed by atoms with Gasteiger partial charge >= 0.3 is 33.6 Å². The van der Waals surface area contributed by atoms with Gasteiger partial charge in [0.25, 0.3) is 0 Å². The van der Waals surface area contributed by atoms with Crippen LogP contribution < -0.4 is 0 Å². The standard InChI is InChI=1S/C109H188O16P2/c1-4-7-10-13-16-19-22-25-28-31-34-37-40-43-46-48-50-51-53-55-57-59-62-65-68-71-74-77-80-83-86-89-92-95-107(112)119-98-104(110)99-121-126(115,116)122-100-105(111)101-123-127(117,118)124-103-106(125-109(114)97-94-91-88-85-82-79-76-73-70-67-64-61-56-45-42-39-36-33-30-27-24-21-18-15-12-9-6-3)102-120-108(113)96-93-90-87-84-81-78-75-72-69-66-63-60-58-54-52-49-47-44-41-38-35-32-29-26-23-20-17-14-11-8-5-2/h8,11,16-21,25-30,34-39,43-47,52,54,56,104-106,110-111H,4-7,9-10,12-15,22-24,31-33,40-42,48-51,53,55,57-103H2,1-3H3,(H,115,116)(H,117,118)/b11-8-,19-16-,20-17-,21-18-,28-25-,29-26-,30-27-,37-34-,38-35-,39-36-,46-43-,47-44-,54-52-,56-45-. The van der Waals surface area contributed by atoms with Gasteiger partial charge in [-0.25, -0.2) is 9.13 Å². The van der Waals surface area contributed by atoms with E-state index in [2.05, 4.69) is 191 Å². The summed E-state index contributed by atoms with van der Waals surface area (Å²) in [5.41, 5.74) is 0. The first-order chi connectivity index (χ1) is 62.2. The summed E-state index contributed by atoms with van der Waals surface area (Å²) in [4.78, 5) is 59.2. The SMILES string of the molecule is CC/C=C\C/C=C\C/C=C\C/C=C\C/C=C\C/C=C\CCCCCCCCCCCCCCC(=O)OCC(COP(=O)(O)OCC(O)COP(=O)(O)OCC(O)COC(=O)CCCCCCCCCCCCCCCCCCC/C=C\C/C=C\C/C=C\C/C=C\CCCCC)OC(=O)CCCCCCCCCCCCC/C=C\C/C=C\C/C=C\C/C=C\CCCCC. The van der Waals surface area contributed by atoms with Crippen molar-refractivity contribution in [3.05, 3.63) is 170 Å². The van der Waals surface area contributed by atoms with Gasteiger partial charge in [0.2, 0.25) is 0 Å². The molecule has 0 saturated heterocycles. The second kappa shape index (κ2) is 99.9. The number of esters is 3. The first kappa shape index (κ1) is 122. The van der Waals surface area contributed by atoms with E-state index >= 15 is 0 Å². The van der Waals surface area contributed by atoms with Crippen molar-refractivity contribution in [3.8, 4) is 0 Å². The number of unbranched alkanes of at least 4 members (excludes halogenated alkanes) is 46. The van der Waals surface area contributed by atoms with Gasteiger partial charge in [0.05, 0.1) is 26.4 Å². The summed E-state index contributed by atoms with van der Waals surface area (Å²) in [7, 11) is -9.82. The molecule has 0 aromatic rings. The molecule has 16 nitrogen and oxygen atoms in total. The molecular formula is C109H188O16P2. The zero-order chi connectivity index (χ0) is 92.1. The lowest BCUT2D eigenvalue weighted by molar-refractivity contribution is -0.161. The quantitative estimate of drug-likeness (QED) is 0.0146. The Kier molecular flexibility index (Phi) is 95.9. The molecule has 0 aliphatic rings. The highest BCUT2D eigenvalue weighted by molar-refractivity contribution is 7.47. The summed E-state index contributed by atoms with van der Waals surface area (Å²) in [6.07, 6.45) is 131. The highest BCUT2D eigenvalue weighted by Gasteiger charge is 2.30. The Labute approximate surface area is 777 Å². The molecule has 0 spiro atoms. The van der Waals surface area contributed by atoms with Crippen LogP contribution in [0.15, 0.2) is 170 Å². The third-order valence-corrected chi connectivity index (χ3v) is 23.8. The summed E-state index contributed by atoms with van der Waals surface area (Å²) >= 11 is 0. The number of allylic oxidation sites excluding steroid dienone is 28. The molecule has 0 radical (unpaired) electrons. The van der Waals surface area contributed by atoms with Crippen molar-refractivity contribution in [1.82, 2.24) is 0 Å². The van der Waals surface area contributed by atoms with E-state index in [0.717, 1.165) is 161 Å². The highest BCUT2D eigenvalue weighted by Crippen LogP contribution is 2.45. The molecule has 0 aromatic carbocycles. The average Bonchev–Trinajstić information content (AvgIpc) is 0.898. The minimum atomic E-state index is -4.95. The van der Waals surface area contributed by atoms with E-state index in [1.807, 2.05) is 0 Å². The normalized spacial score (nSPS) is 14.4. The molecule has 0 fully saturated rings. The van der Waals surface area contributed by atoms with E-state index in [-0.39, 0.29) is 19.3 Å². The zero-order valence-corrected chi connectivity index (χ0v) is 82.7.